The van der Waals surface area contributed by atoms with Crippen LogP contribution in [0.2, 0.25) is 0 Å². The molecule has 0 aliphatic heterocycles. The highest BCUT2D eigenvalue weighted by Crippen LogP contribution is 2.04. The molecule has 0 radical (unpaired) electrons. The molecule has 1 N–H and O–H groups in total. The van der Waals surface area contributed by atoms with Crippen molar-refractivity contribution in [1.82, 2.24) is 5.32 Å². The number of amides is 1. The summed E-state index contributed by atoms with van der Waals surface area (Å²) in [5.41, 5.74) is 0.985. The fourth-order valence-electron chi connectivity index (χ4n) is 1.53. The maximum atomic E-state index is 11.6. The van der Waals surface area contributed by atoms with Gasteiger partial charge < -0.3 is 10.1 Å². The average molecular weight is 235 g/mol. The molecule has 17 heavy (non-hydrogen) atoms. The van der Waals surface area contributed by atoms with Crippen molar-refractivity contribution in [2.75, 3.05) is 6.61 Å². The zero-order valence-corrected chi connectivity index (χ0v) is 10.1. The highest BCUT2D eigenvalue weighted by Gasteiger charge is 2.20. The molecule has 0 aliphatic rings. The highest BCUT2D eigenvalue weighted by molar-refractivity contribution is 5.83. The lowest BCUT2D eigenvalue weighted by Gasteiger charge is -2.16. The van der Waals surface area contributed by atoms with E-state index in [1.165, 1.54) is 6.92 Å². The van der Waals surface area contributed by atoms with E-state index in [1.807, 2.05) is 30.3 Å². The first kappa shape index (κ1) is 13.2. The molecular formula is C13H17NO3. The quantitative estimate of drug-likeness (QED) is 0.782. The third kappa shape index (κ3) is 4.68. The van der Waals surface area contributed by atoms with E-state index in [0.717, 1.165) is 5.56 Å². The van der Waals surface area contributed by atoms with Gasteiger partial charge in [0.2, 0.25) is 5.91 Å². The number of hydrogen-bond donors (Lipinski definition) is 1. The van der Waals surface area contributed by atoms with Gasteiger partial charge in [-0.05, 0) is 12.5 Å². The van der Waals surface area contributed by atoms with Crippen molar-refractivity contribution in [2.24, 2.45) is 0 Å². The van der Waals surface area contributed by atoms with Crippen LogP contribution < -0.4 is 5.32 Å². The Morgan fingerprint density at radius 3 is 2.47 bits per heavy atom. The summed E-state index contributed by atoms with van der Waals surface area (Å²) in [7, 11) is 0. The lowest BCUT2D eigenvalue weighted by Crippen LogP contribution is -2.42. The van der Waals surface area contributed by atoms with E-state index >= 15 is 0 Å². The summed E-state index contributed by atoms with van der Waals surface area (Å²) >= 11 is 0. The number of rotatable bonds is 5. The van der Waals surface area contributed by atoms with Crippen LogP contribution in [0.5, 0.6) is 0 Å². The smallest absolute Gasteiger partial charge is 0.328 e. The molecule has 4 heteroatoms. The van der Waals surface area contributed by atoms with Crippen molar-refractivity contribution < 1.29 is 14.3 Å². The molecule has 4 nitrogen and oxygen atoms in total. The first-order chi connectivity index (χ1) is 8.13. The van der Waals surface area contributed by atoms with Gasteiger partial charge in [-0.2, -0.15) is 0 Å². The van der Waals surface area contributed by atoms with E-state index in [9.17, 15) is 9.59 Å². The van der Waals surface area contributed by atoms with Gasteiger partial charge >= 0.3 is 5.97 Å². The van der Waals surface area contributed by atoms with Crippen LogP contribution in [-0.4, -0.2) is 24.5 Å². The summed E-state index contributed by atoms with van der Waals surface area (Å²) in [5.74, 6) is -0.634. The molecule has 0 heterocycles. The summed E-state index contributed by atoms with van der Waals surface area (Å²) in [6.07, 6.45) is 0.444. The molecular weight excluding hydrogens is 218 g/mol. The van der Waals surface area contributed by atoms with Gasteiger partial charge in [0, 0.05) is 13.3 Å². The number of carbonyl (C=O) groups is 2. The molecule has 0 saturated heterocycles. The number of carbonyl (C=O) groups excluding carboxylic acids is 2. The molecule has 0 aromatic heterocycles. The molecule has 0 saturated carbocycles. The Hall–Kier alpha value is -1.84. The van der Waals surface area contributed by atoms with Gasteiger partial charge in [-0.3, -0.25) is 4.79 Å². The summed E-state index contributed by atoms with van der Waals surface area (Å²) in [5, 5.41) is 2.60. The van der Waals surface area contributed by atoms with E-state index in [-0.39, 0.29) is 5.91 Å². The van der Waals surface area contributed by atoms with Crippen LogP contribution in [0.1, 0.15) is 19.4 Å². The molecule has 0 fully saturated rings. The van der Waals surface area contributed by atoms with E-state index in [0.29, 0.717) is 13.0 Å². The zero-order valence-electron chi connectivity index (χ0n) is 10.1. The fraction of sp³-hybridized carbons (Fsp3) is 0.385. The lowest BCUT2D eigenvalue weighted by molar-refractivity contribution is -0.147. The highest BCUT2D eigenvalue weighted by atomic mass is 16.5. The van der Waals surface area contributed by atoms with E-state index in [2.05, 4.69) is 5.32 Å². The van der Waals surface area contributed by atoms with E-state index in [4.69, 9.17) is 4.74 Å². The SMILES string of the molecule is CCOC(=O)[C@@H](Cc1ccccc1)NC(C)=O. The molecule has 1 amide bonds. The van der Waals surface area contributed by atoms with Crippen LogP contribution in [0.15, 0.2) is 30.3 Å². The number of ether oxygens (including phenoxy) is 1. The third-order valence-corrected chi connectivity index (χ3v) is 2.23. The van der Waals surface area contributed by atoms with Gasteiger partial charge in [0.05, 0.1) is 6.61 Å². The number of esters is 1. The standard InChI is InChI=1S/C13H17NO3/c1-3-17-13(16)12(14-10(2)15)9-11-7-5-4-6-8-11/h4-8,12H,3,9H2,1-2H3,(H,14,15)/t12-/m1/s1. The Balaban J connectivity index is 2.70. The van der Waals surface area contributed by atoms with Crippen molar-refractivity contribution >= 4 is 11.9 Å². The molecule has 0 bridgehead atoms. The maximum Gasteiger partial charge on any atom is 0.328 e. The number of nitrogens with one attached hydrogen (secondary N) is 1. The van der Waals surface area contributed by atoms with Crippen LogP contribution in [0.25, 0.3) is 0 Å². The Kier molecular flexibility index (Phi) is 5.20. The summed E-state index contributed by atoms with van der Waals surface area (Å²) < 4.78 is 4.92. The number of hydrogen-bond acceptors (Lipinski definition) is 3. The number of benzene rings is 1. The Morgan fingerprint density at radius 1 is 1.29 bits per heavy atom. The molecule has 1 aromatic carbocycles. The first-order valence-corrected chi connectivity index (χ1v) is 5.61. The topological polar surface area (TPSA) is 55.4 Å². The van der Waals surface area contributed by atoms with E-state index < -0.39 is 12.0 Å². The second-order valence-corrected chi connectivity index (χ2v) is 3.69. The minimum Gasteiger partial charge on any atom is -0.464 e. The summed E-state index contributed by atoms with van der Waals surface area (Å²) in [4.78, 5) is 22.7. The minimum absolute atomic E-state index is 0.237. The molecule has 0 unspecified atom stereocenters. The largest absolute Gasteiger partial charge is 0.464 e. The first-order valence-electron chi connectivity index (χ1n) is 5.61. The van der Waals surface area contributed by atoms with Gasteiger partial charge in [-0.1, -0.05) is 30.3 Å². The van der Waals surface area contributed by atoms with Crippen LogP contribution in [0.4, 0.5) is 0 Å². The molecule has 1 aromatic rings. The second-order valence-electron chi connectivity index (χ2n) is 3.69. The molecule has 1 atom stereocenters. The van der Waals surface area contributed by atoms with Crippen LogP contribution >= 0.6 is 0 Å². The Bertz CT molecular complexity index is 376. The molecule has 0 aliphatic carbocycles. The van der Waals surface area contributed by atoms with Crippen molar-refractivity contribution in [3.63, 3.8) is 0 Å². The van der Waals surface area contributed by atoms with Gasteiger partial charge in [-0.15, -0.1) is 0 Å². The van der Waals surface area contributed by atoms with Crippen molar-refractivity contribution in [3.8, 4) is 0 Å². The van der Waals surface area contributed by atoms with Gasteiger partial charge in [-0.25, -0.2) is 4.79 Å². The Labute approximate surface area is 101 Å². The third-order valence-electron chi connectivity index (χ3n) is 2.23. The van der Waals surface area contributed by atoms with Crippen molar-refractivity contribution in [1.29, 1.82) is 0 Å². The second kappa shape index (κ2) is 6.68. The summed E-state index contributed by atoms with van der Waals surface area (Å²) in [6, 6.07) is 8.90. The van der Waals surface area contributed by atoms with Crippen LogP contribution in [-0.2, 0) is 20.7 Å². The van der Waals surface area contributed by atoms with Crippen LogP contribution in [0, 0.1) is 0 Å². The predicted molar refractivity (Wildman–Crippen MR) is 64.4 cm³/mol. The average Bonchev–Trinajstić information content (AvgIpc) is 2.29. The lowest BCUT2D eigenvalue weighted by atomic mass is 10.1. The normalized spacial score (nSPS) is 11.6. The van der Waals surface area contributed by atoms with Crippen LogP contribution in [0.3, 0.4) is 0 Å². The molecule has 92 valence electrons. The predicted octanol–water partition coefficient (Wildman–Crippen LogP) is 1.30. The Morgan fingerprint density at radius 2 is 1.94 bits per heavy atom. The molecule has 1 rings (SSSR count). The van der Waals surface area contributed by atoms with E-state index in [1.54, 1.807) is 6.92 Å². The zero-order chi connectivity index (χ0) is 12.7. The summed E-state index contributed by atoms with van der Waals surface area (Å²) in [6.45, 7) is 3.44. The molecule has 0 spiro atoms. The fourth-order valence-corrected chi connectivity index (χ4v) is 1.53. The maximum absolute atomic E-state index is 11.6. The van der Waals surface area contributed by atoms with Gasteiger partial charge in [0.1, 0.15) is 6.04 Å². The monoisotopic (exact) mass is 235 g/mol. The van der Waals surface area contributed by atoms with Crippen molar-refractivity contribution in [3.05, 3.63) is 35.9 Å². The van der Waals surface area contributed by atoms with Crippen molar-refractivity contribution in [2.45, 2.75) is 26.3 Å². The minimum atomic E-state index is -0.616. The van der Waals surface area contributed by atoms with Gasteiger partial charge in [0.25, 0.3) is 0 Å². The van der Waals surface area contributed by atoms with Gasteiger partial charge in [0.15, 0.2) is 0 Å².